The van der Waals surface area contributed by atoms with Gasteiger partial charge in [-0.2, -0.15) is 0 Å². The van der Waals surface area contributed by atoms with Gasteiger partial charge in [-0.05, 0) is 41.5 Å². The fraction of sp³-hybridized carbons (Fsp3) is 0.160. The molecule has 0 radical (unpaired) electrons. The number of ether oxygens (including phenoxy) is 2. The van der Waals surface area contributed by atoms with E-state index < -0.39 is 0 Å². The summed E-state index contributed by atoms with van der Waals surface area (Å²) in [6.07, 6.45) is 2.34. The molecule has 0 spiro atoms. The van der Waals surface area contributed by atoms with Crippen molar-refractivity contribution in [3.63, 3.8) is 0 Å². The molecule has 2 heterocycles. The second-order valence-electron chi connectivity index (χ2n) is 7.51. The predicted molar refractivity (Wildman–Crippen MR) is 122 cm³/mol. The second-order valence-corrected chi connectivity index (χ2v) is 7.95. The van der Waals surface area contributed by atoms with Crippen LogP contribution in [0.2, 0.25) is 5.02 Å². The number of rotatable bonds is 5. The molecule has 6 heteroatoms. The summed E-state index contributed by atoms with van der Waals surface area (Å²) >= 11 is 6.01. The van der Waals surface area contributed by atoms with Crippen LogP contribution in [0.1, 0.15) is 11.1 Å². The van der Waals surface area contributed by atoms with Crippen molar-refractivity contribution < 1.29 is 14.3 Å². The highest BCUT2D eigenvalue weighted by atomic mass is 35.5. The number of carbonyl (C=O) groups is 1. The minimum absolute atomic E-state index is 0.0777. The summed E-state index contributed by atoms with van der Waals surface area (Å²) in [6, 6.07) is 21.4. The average molecular weight is 433 g/mol. The number of nitrogens with one attached hydrogen (secondary N) is 1. The fourth-order valence-electron chi connectivity index (χ4n) is 3.88. The van der Waals surface area contributed by atoms with E-state index >= 15 is 0 Å². The standard InChI is InChI=1S/C25H21ClN2O3/c26-19-7-5-17(6-8-19)15-28-16-18(21-3-1-2-4-22(21)28)13-25(29)27-20-9-10-23-24(14-20)31-12-11-30-23/h1-10,14,16H,11-13,15H2,(H,27,29). The third-order valence-electron chi connectivity index (χ3n) is 5.31. The van der Waals surface area contributed by atoms with Crippen molar-refractivity contribution in [2.24, 2.45) is 0 Å². The molecule has 31 heavy (non-hydrogen) atoms. The Morgan fingerprint density at radius 3 is 2.58 bits per heavy atom. The van der Waals surface area contributed by atoms with Crippen LogP contribution in [0, 0.1) is 0 Å². The molecule has 0 aliphatic carbocycles. The molecule has 1 N–H and O–H groups in total. The second kappa shape index (κ2) is 8.36. The van der Waals surface area contributed by atoms with Gasteiger partial charge >= 0.3 is 0 Å². The SMILES string of the molecule is O=C(Cc1cn(Cc2ccc(Cl)cc2)c2ccccc12)Nc1ccc2c(c1)OCCO2. The molecule has 5 nitrogen and oxygen atoms in total. The first-order chi connectivity index (χ1) is 15.2. The zero-order chi connectivity index (χ0) is 21.2. The highest BCUT2D eigenvalue weighted by Gasteiger charge is 2.15. The number of hydrogen-bond acceptors (Lipinski definition) is 3. The van der Waals surface area contributed by atoms with Crippen molar-refractivity contribution in [1.29, 1.82) is 0 Å². The fourth-order valence-corrected chi connectivity index (χ4v) is 4.01. The van der Waals surface area contributed by atoms with Crippen LogP contribution in [-0.4, -0.2) is 23.7 Å². The van der Waals surface area contributed by atoms with Crippen molar-refractivity contribution in [2.75, 3.05) is 18.5 Å². The summed E-state index contributed by atoms with van der Waals surface area (Å²) in [6.45, 7) is 1.76. The summed E-state index contributed by atoms with van der Waals surface area (Å²) < 4.78 is 13.3. The molecule has 0 saturated carbocycles. The number of fused-ring (bicyclic) bond motifs is 2. The van der Waals surface area contributed by atoms with Gasteiger partial charge in [0.15, 0.2) is 11.5 Å². The lowest BCUT2D eigenvalue weighted by atomic mass is 10.1. The van der Waals surface area contributed by atoms with Crippen molar-refractivity contribution in [3.05, 3.63) is 89.1 Å². The van der Waals surface area contributed by atoms with Crippen molar-refractivity contribution >= 4 is 34.1 Å². The lowest BCUT2D eigenvalue weighted by molar-refractivity contribution is -0.115. The highest BCUT2D eigenvalue weighted by Crippen LogP contribution is 2.32. The van der Waals surface area contributed by atoms with Crippen molar-refractivity contribution in [2.45, 2.75) is 13.0 Å². The molecule has 0 atom stereocenters. The van der Waals surface area contributed by atoms with Crippen LogP contribution in [-0.2, 0) is 17.8 Å². The number of para-hydroxylation sites is 1. The molecule has 3 aromatic carbocycles. The molecule has 5 rings (SSSR count). The van der Waals surface area contributed by atoms with Gasteiger partial charge in [0.1, 0.15) is 13.2 Å². The maximum atomic E-state index is 12.8. The Kier molecular flexibility index (Phi) is 5.26. The van der Waals surface area contributed by atoms with E-state index in [9.17, 15) is 4.79 Å². The minimum Gasteiger partial charge on any atom is -0.486 e. The number of aromatic nitrogens is 1. The van der Waals surface area contributed by atoms with Crippen LogP contribution < -0.4 is 14.8 Å². The molecule has 4 aromatic rings. The number of carbonyl (C=O) groups excluding carboxylic acids is 1. The number of benzene rings is 3. The number of halogens is 1. The van der Waals surface area contributed by atoms with Gasteiger partial charge in [-0.3, -0.25) is 4.79 Å². The van der Waals surface area contributed by atoms with Crippen LogP contribution in [0.25, 0.3) is 10.9 Å². The Hall–Kier alpha value is -3.44. The molecule has 0 fully saturated rings. The lowest BCUT2D eigenvalue weighted by Crippen LogP contribution is -2.17. The molecule has 1 aliphatic heterocycles. The maximum Gasteiger partial charge on any atom is 0.228 e. The monoisotopic (exact) mass is 432 g/mol. The van der Waals surface area contributed by atoms with Crippen LogP contribution in [0.5, 0.6) is 11.5 Å². The first kappa shape index (κ1) is 19.5. The highest BCUT2D eigenvalue weighted by molar-refractivity contribution is 6.30. The Morgan fingerprint density at radius 1 is 0.968 bits per heavy atom. The van der Waals surface area contributed by atoms with Gasteiger partial charge in [-0.1, -0.05) is 41.9 Å². The molecule has 156 valence electrons. The molecule has 0 unspecified atom stereocenters. The number of anilines is 1. The number of amides is 1. The van der Waals surface area contributed by atoms with E-state index in [4.69, 9.17) is 21.1 Å². The quantitative estimate of drug-likeness (QED) is 0.466. The zero-order valence-electron chi connectivity index (χ0n) is 16.8. The van der Waals surface area contributed by atoms with Gasteiger partial charge < -0.3 is 19.4 Å². The van der Waals surface area contributed by atoms with E-state index in [1.807, 2.05) is 48.5 Å². The number of hydrogen-bond donors (Lipinski definition) is 1. The Morgan fingerprint density at radius 2 is 1.74 bits per heavy atom. The van der Waals surface area contributed by atoms with Crippen LogP contribution in [0.15, 0.2) is 72.9 Å². The van der Waals surface area contributed by atoms with E-state index in [-0.39, 0.29) is 12.3 Å². The van der Waals surface area contributed by atoms with E-state index in [0.717, 1.165) is 27.1 Å². The Labute approximate surface area is 185 Å². The smallest absolute Gasteiger partial charge is 0.228 e. The first-order valence-corrected chi connectivity index (χ1v) is 10.5. The molecule has 1 aliphatic rings. The summed E-state index contributed by atoms with van der Waals surface area (Å²) in [5.41, 5.74) is 3.93. The first-order valence-electron chi connectivity index (χ1n) is 10.2. The Bertz CT molecular complexity index is 1250. The number of nitrogens with zero attached hydrogens (tertiary/aromatic N) is 1. The van der Waals surface area contributed by atoms with Gasteiger partial charge in [-0.15, -0.1) is 0 Å². The van der Waals surface area contributed by atoms with Crippen molar-refractivity contribution in [1.82, 2.24) is 4.57 Å². The largest absolute Gasteiger partial charge is 0.486 e. The van der Waals surface area contributed by atoms with Gasteiger partial charge in [0.2, 0.25) is 5.91 Å². The summed E-state index contributed by atoms with van der Waals surface area (Å²) in [5, 5.41) is 4.77. The third kappa shape index (κ3) is 4.23. The van der Waals surface area contributed by atoms with Gasteiger partial charge in [-0.25, -0.2) is 0 Å². The van der Waals surface area contributed by atoms with Crippen LogP contribution >= 0.6 is 11.6 Å². The van der Waals surface area contributed by atoms with Gasteiger partial charge in [0.05, 0.1) is 6.42 Å². The maximum absolute atomic E-state index is 12.8. The normalized spacial score (nSPS) is 12.7. The topological polar surface area (TPSA) is 52.5 Å². The zero-order valence-corrected chi connectivity index (χ0v) is 17.6. The van der Waals surface area contributed by atoms with Crippen LogP contribution in [0.4, 0.5) is 5.69 Å². The van der Waals surface area contributed by atoms with E-state index in [2.05, 4.69) is 28.2 Å². The molecule has 1 aromatic heterocycles. The third-order valence-corrected chi connectivity index (χ3v) is 5.57. The van der Waals surface area contributed by atoms with E-state index in [0.29, 0.717) is 36.9 Å². The predicted octanol–water partition coefficient (Wildman–Crippen LogP) is 5.30. The molecule has 0 bridgehead atoms. The average Bonchev–Trinajstić information content (AvgIpc) is 3.12. The molecular weight excluding hydrogens is 412 g/mol. The molecular formula is C25H21ClN2O3. The van der Waals surface area contributed by atoms with Gasteiger partial charge in [0.25, 0.3) is 0 Å². The lowest BCUT2D eigenvalue weighted by Gasteiger charge is -2.19. The van der Waals surface area contributed by atoms with E-state index in [1.165, 1.54) is 0 Å². The minimum atomic E-state index is -0.0777. The van der Waals surface area contributed by atoms with Gasteiger partial charge in [0, 0.05) is 40.4 Å². The summed E-state index contributed by atoms with van der Waals surface area (Å²) in [7, 11) is 0. The van der Waals surface area contributed by atoms with E-state index in [1.54, 1.807) is 6.07 Å². The summed E-state index contributed by atoms with van der Waals surface area (Å²) in [5.74, 6) is 1.28. The van der Waals surface area contributed by atoms with Crippen LogP contribution in [0.3, 0.4) is 0 Å². The molecule has 0 saturated heterocycles. The molecule has 1 amide bonds. The van der Waals surface area contributed by atoms with Crippen molar-refractivity contribution in [3.8, 4) is 11.5 Å². The summed E-state index contributed by atoms with van der Waals surface area (Å²) in [4.78, 5) is 12.8. The Balaban J connectivity index is 1.36.